The van der Waals surface area contributed by atoms with Crippen LogP contribution in [0, 0.1) is 6.92 Å². The minimum Gasteiger partial charge on any atom is -0.374 e. The molecular weight excluding hydrogens is 504 g/mol. The molecule has 0 aromatic heterocycles. The van der Waals surface area contributed by atoms with Crippen LogP contribution < -0.4 is 5.32 Å². The molecule has 176 valence electrons. The fourth-order valence-corrected chi connectivity index (χ4v) is 5.68. The number of carbonyl (C=O) groups excluding carboxylic acids is 1. The molecule has 33 heavy (non-hydrogen) atoms. The maximum atomic E-state index is 14.1. The summed E-state index contributed by atoms with van der Waals surface area (Å²) in [6.45, 7) is 1.63. The van der Waals surface area contributed by atoms with E-state index in [1.54, 1.807) is 6.92 Å². The summed E-state index contributed by atoms with van der Waals surface area (Å²) in [5.41, 5.74) is -1.85. The van der Waals surface area contributed by atoms with Crippen molar-refractivity contribution in [2.75, 3.05) is 11.5 Å². The van der Waals surface area contributed by atoms with Crippen molar-refractivity contribution in [2.24, 2.45) is 5.16 Å². The fraction of sp³-hybridized carbons (Fsp3) is 0.333. The lowest BCUT2D eigenvalue weighted by molar-refractivity contribution is -0.275. The van der Waals surface area contributed by atoms with E-state index in [1.165, 1.54) is 24.3 Å². The van der Waals surface area contributed by atoms with Gasteiger partial charge in [0.05, 0.1) is 23.3 Å². The van der Waals surface area contributed by atoms with Gasteiger partial charge in [0.1, 0.15) is 0 Å². The normalized spacial score (nSPS) is 22.3. The van der Waals surface area contributed by atoms with Crippen molar-refractivity contribution in [2.45, 2.75) is 31.2 Å². The molecule has 6 nitrogen and oxygen atoms in total. The summed E-state index contributed by atoms with van der Waals surface area (Å²) in [6, 6.07) is 7.60. The van der Waals surface area contributed by atoms with Crippen molar-refractivity contribution in [1.82, 2.24) is 5.32 Å². The predicted octanol–water partition coefficient (Wildman–Crippen LogP) is 4.41. The first-order valence-electron chi connectivity index (χ1n) is 9.70. The molecule has 2 heterocycles. The maximum Gasteiger partial charge on any atom is 0.435 e. The Kier molecular flexibility index (Phi) is 5.91. The van der Waals surface area contributed by atoms with Crippen LogP contribution in [0.1, 0.15) is 33.5 Å². The highest BCUT2D eigenvalue weighted by atomic mass is 35.5. The summed E-state index contributed by atoms with van der Waals surface area (Å²) in [5, 5.41) is 6.41. The first kappa shape index (κ1) is 23.8. The Morgan fingerprint density at radius 1 is 1.15 bits per heavy atom. The van der Waals surface area contributed by atoms with Crippen LogP contribution in [0.3, 0.4) is 0 Å². The van der Waals surface area contributed by atoms with E-state index in [0.29, 0.717) is 11.1 Å². The molecule has 0 aliphatic carbocycles. The summed E-state index contributed by atoms with van der Waals surface area (Å²) in [7, 11) is -3.09. The quantitative estimate of drug-likeness (QED) is 0.646. The van der Waals surface area contributed by atoms with Gasteiger partial charge in [-0.25, -0.2) is 8.42 Å². The molecule has 2 aliphatic rings. The molecule has 1 amide bonds. The average Bonchev–Trinajstić information content (AvgIpc) is 3.12. The van der Waals surface area contributed by atoms with E-state index in [9.17, 15) is 26.4 Å². The molecule has 1 N–H and O–H groups in total. The Balaban J connectivity index is 1.57. The molecule has 0 unspecified atom stereocenters. The average molecular weight is 521 g/mol. The summed E-state index contributed by atoms with van der Waals surface area (Å²) in [6.07, 6.45) is -5.43. The Morgan fingerprint density at radius 2 is 1.79 bits per heavy atom. The number of hydrogen-bond donors (Lipinski definition) is 1. The van der Waals surface area contributed by atoms with Gasteiger partial charge in [0.25, 0.3) is 11.5 Å². The highest BCUT2D eigenvalue weighted by molar-refractivity contribution is 7.92. The molecule has 1 saturated heterocycles. The number of alkyl halides is 3. The largest absolute Gasteiger partial charge is 0.435 e. The van der Waals surface area contributed by atoms with Gasteiger partial charge < -0.3 is 10.2 Å². The molecule has 2 aromatic rings. The Hall–Kier alpha value is -2.30. The molecule has 0 saturated carbocycles. The smallest absolute Gasteiger partial charge is 0.374 e. The van der Waals surface area contributed by atoms with Crippen LogP contribution in [-0.4, -0.2) is 43.8 Å². The van der Waals surface area contributed by atoms with E-state index in [-0.39, 0.29) is 38.4 Å². The molecule has 1 atom stereocenters. The minimum absolute atomic E-state index is 0.0312. The number of rotatable bonds is 4. The summed E-state index contributed by atoms with van der Waals surface area (Å²) >= 11 is 11.8. The molecule has 0 radical (unpaired) electrons. The first-order valence-corrected chi connectivity index (χ1v) is 12.3. The molecular formula is C21H17Cl2F3N2O4S. The van der Waals surface area contributed by atoms with Crippen LogP contribution in [0.4, 0.5) is 13.2 Å². The second-order valence-corrected chi connectivity index (χ2v) is 11.1. The van der Waals surface area contributed by atoms with Gasteiger partial charge in [-0.15, -0.1) is 0 Å². The Labute approximate surface area is 197 Å². The second-order valence-electron chi connectivity index (χ2n) is 8.07. The van der Waals surface area contributed by atoms with Crippen molar-refractivity contribution in [3.63, 3.8) is 0 Å². The molecule has 12 heteroatoms. The summed E-state index contributed by atoms with van der Waals surface area (Å²) < 4.78 is 64.9. The van der Waals surface area contributed by atoms with Crippen molar-refractivity contribution in [3.8, 4) is 0 Å². The Morgan fingerprint density at radius 3 is 2.33 bits per heavy atom. The van der Waals surface area contributed by atoms with Crippen molar-refractivity contribution < 1.29 is 31.2 Å². The Bertz CT molecular complexity index is 1250. The minimum atomic E-state index is -4.82. The SMILES string of the molecule is Cc1cc(C2=NO[C@](c3cc(Cl)cc(Cl)c3)(C(F)(F)F)C2)ccc1C(=O)NC1CS(=O)(=O)C1. The molecule has 0 spiro atoms. The molecule has 2 aliphatic heterocycles. The number of nitrogens with one attached hydrogen (secondary N) is 1. The molecule has 1 fully saturated rings. The van der Waals surface area contributed by atoms with Gasteiger partial charge in [-0.05, 0) is 48.4 Å². The fourth-order valence-electron chi connectivity index (χ4n) is 3.85. The lowest BCUT2D eigenvalue weighted by Gasteiger charge is -2.29. The monoisotopic (exact) mass is 520 g/mol. The maximum absolute atomic E-state index is 14.1. The zero-order valence-corrected chi connectivity index (χ0v) is 19.4. The van der Waals surface area contributed by atoms with Crippen molar-refractivity contribution in [1.29, 1.82) is 0 Å². The van der Waals surface area contributed by atoms with Crippen molar-refractivity contribution >= 4 is 44.7 Å². The molecule has 4 rings (SSSR count). The van der Waals surface area contributed by atoms with Crippen LogP contribution in [0.2, 0.25) is 10.0 Å². The van der Waals surface area contributed by atoms with E-state index >= 15 is 0 Å². The standard InChI is InChI=1S/C21H17Cl2F3N2O4S/c1-11-4-12(2-3-17(11)19(29)27-16-9-33(30,31)10-16)18-8-20(32-28-18,21(24,25)26)13-5-14(22)7-15(23)6-13/h2-7,16H,8-10H2,1H3,(H,27,29)/t20-/m1/s1. The van der Waals surface area contributed by atoms with E-state index in [2.05, 4.69) is 10.5 Å². The third kappa shape index (κ3) is 4.56. The number of oxime groups is 1. The van der Waals surface area contributed by atoms with Crippen LogP contribution in [0.15, 0.2) is 41.6 Å². The predicted molar refractivity (Wildman–Crippen MR) is 118 cm³/mol. The zero-order chi connectivity index (χ0) is 24.2. The highest BCUT2D eigenvalue weighted by Crippen LogP contribution is 2.49. The second kappa shape index (κ2) is 8.18. The van der Waals surface area contributed by atoms with Gasteiger partial charge >= 0.3 is 6.18 Å². The van der Waals surface area contributed by atoms with Gasteiger partial charge in [-0.1, -0.05) is 34.4 Å². The van der Waals surface area contributed by atoms with Gasteiger partial charge in [-0.3, -0.25) is 4.79 Å². The number of hydrogen-bond acceptors (Lipinski definition) is 5. The highest BCUT2D eigenvalue weighted by Gasteiger charge is 2.62. The molecule has 0 bridgehead atoms. The lowest BCUT2D eigenvalue weighted by atomic mass is 9.86. The lowest BCUT2D eigenvalue weighted by Crippen LogP contribution is -2.53. The number of amides is 1. The van der Waals surface area contributed by atoms with Crippen LogP contribution in [0.25, 0.3) is 0 Å². The van der Waals surface area contributed by atoms with E-state index in [4.69, 9.17) is 28.0 Å². The number of aryl methyl sites for hydroxylation is 1. The van der Waals surface area contributed by atoms with Crippen LogP contribution in [-0.2, 0) is 20.3 Å². The summed E-state index contributed by atoms with van der Waals surface area (Å²) in [5.74, 6) is -0.685. The number of benzene rings is 2. The van der Waals surface area contributed by atoms with Gasteiger partial charge in [0.15, 0.2) is 9.84 Å². The van der Waals surface area contributed by atoms with Crippen LogP contribution in [0.5, 0.6) is 0 Å². The summed E-state index contributed by atoms with van der Waals surface area (Å²) in [4.78, 5) is 17.5. The van der Waals surface area contributed by atoms with Gasteiger partial charge in [-0.2, -0.15) is 13.2 Å². The third-order valence-corrected chi connectivity index (χ3v) is 7.82. The van der Waals surface area contributed by atoms with E-state index < -0.39 is 40.0 Å². The number of carbonyl (C=O) groups is 1. The van der Waals surface area contributed by atoms with Crippen molar-refractivity contribution in [3.05, 3.63) is 68.7 Å². The van der Waals surface area contributed by atoms with Crippen LogP contribution >= 0.6 is 23.2 Å². The van der Waals surface area contributed by atoms with Gasteiger partial charge in [0.2, 0.25) is 0 Å². The van der Waals surface area contributed by atoms with E-state index in [0.717, 1.165) is 12.1 Å². The zero-order valence-electron chi connectivity index (χ0n) is 17.0. The number of sulfone groups is 1. The number of halogens is 5. The molecule has 2 aromatic carbocycles. The van der Waals surface area contributed by atoms with Gasteiger partial charge in [0, 0.05) is 27.6 Å². The number of nitrogens with zero attached hydrogens (tertiary/aromatic N) is 1. The third-order valence-electron chi connectivity index (χ3n) is 5.56. The topological polar surface area (TPSA) is 84.8 Å². The van der Waals surface area contributed by atoms with E-state index in [1.807, 2.05) is 0 Å². The first-order chi connectivity index (χ1) is 15.3.